The van der Waals surface area contributed by atoms with Crippen LogP contribution in [-0.2, 0) is 4.79 Å². The lowest BCUT2D eigenvalue weighted by Gasteiger charge is -2.26. The molecule has 3 unspecified atom stereocenters. The van der Waals surface area contributed by atoms with E-state index in [0.717, 1.165) is 23.9 Å². The molecule has 4 heteroatoms. The van der Waals surface area contributed by atoms with Gasteiger partial charge in [-0.05, 0) is 30.4 Å². The molecular formula is C14H18N2O2. The molecule has 1 aromatic rings. The highest BCUT2D eigenvalue weighted by Crippen LogP contribution is 2.36. The van der Waals surface area contributed by atoms with Gasteiger partial charge < -0.3 is 15.4 Å². The molecule has 0 aromatic heterocycles. The van der Waals surface area contributed by atoms with Crippen LogP contribution in [0, 0.1) is 11.8 Å². The van der Waals surface area contributed by atoms with Gasteiger partial charge in [-0.1, -0.05) is 19.1 Å². The standard InChI is InChI=1S/C14H18N2O2/c1-9-6-10(9)7-16-14(17)13-8-15-11-4-2-3-5-12(11)18-13/h2-5,9-10,13,15H,6-8H2,1H3,(H,16,17). The van der Waals surface area contributed by atoms with Gasteiger partial charge in [0.1, 0.15) is 5.75 Å². The Morgan fingerprint density at radius 2 is 2.28 bits per heavy atom. The Hall–Kier alpha value is -1.71. The first-order chi connectivity index (χ1) is 8.74. The van der Waals surface area contributed by atoms with Crippen molar-refractivity contribution in [3.63, 3.8) is 0 Å². The summed E-state index contributed by atoms with van der Waals surface area (Å²) in [7, 11) is 0. The number of ether oxygens (including phenoxy) is 1. The van der Waals surface area contributed by atoms with Gasteiger partial charge in [-0.3, -0.25) is 4.79 Å². The highest BCUT2D eigenvalue weighted by atomic mass is 16.5. The number of rotatable bonds is 3. The Morgan fingerprint density at radius 3 is 3.06 bits per heavy atom. The van der Waals surface area contributed by atoms with Crippen LogP contribution >= 0.6 is 0 Å². The van der Waals surface area contributed by atoms with Gasteiger partial charge in [0, 0.05) is 6.54 Å². The van der Waals surface area contributed by atoms with Crippen molar-refractivity contribution in [2.24, 2.45) is 11.8 Å². The van der Waals surface area contributed by atoms with Crippen molar-refractivity contribution >= 4 is 11.6 Å². The summed E-state index contributed by atoms with van der Waals surface area (Å²) in [6.45, 7) is 3.52. The van der Waals surface area contributed by atoms with E-state index in [1.54, 1.807) is 0 Å². The van der Waals surface area contributed by atoms with Gasteiger partial charge >= 0.3 is 0 Å². The van der Waals surface area contributed by atoms with Gasteiger partial charge in [0.05, 0.1) is 12.2 Å². The number of hydrogen-bond donors (Lipinski definition) is 2. The largest absolute Gasteiger partial charge is 0.477 e. The van der Waals surface area contributed by atoms with Gasteiger partial charge in [-0.2, -0.15) is 0 Å². The third-order valence-electron chi connectivity index (χ3n) is 3.74. The Balaban J connectivity index is 1.56. The zero-order chi connectivity index (χ0) is 12.5. The fourth-order valence-electron chi connectivity index (χ4n) is 2.29. The fraction of sp³-hybridized carbons (Fsp3) is 0.500. The number of benzene rings is 1. The molecule has 96 valence electrons. The lowest BCUT2D eigenvalue weighted by atomic mass is 10.2. The minimum atomic E-state index is -0.422. The van der Waals surface area contributed by atoms with Crippen LogP contribution < -0.4 is 15.4 Å². The van der Waals surface area contributed by atoms with Crippen molar-refractivity contribution in [1.29, 1.82) is 0 Å². The number of carbonyl (C=O) groups excluding carboxylic acids is 1. The molecule has 2 aliphatic rings. The highest BCUT2D eigenvalue weighted by molar-refractivity contribution is 5.83. The second-order valence-corrected chi connectivity index (χ2v) is 5.20. The molecule has 0 radical (unpaired) electrons. The lowest BCUT2D eigenvalue weighted by Crippen LogP contribution is -2.45. The predicted octanol–water partition coefficient (Wildman–Crippen LogP) is 1.63. The summed E-state index contributed by atoms with van der Waals surface area (Å²) < 4.78 is 5.70. The minimum absolute atomic E-state index is 0.0175. The number of fused-ring (bicyclic) bond motifs is 1. The zero-order valence-corrected chi connectivity index (χ0v) is 10.5. The summed E-state index contributed by atoms with van der Waals surface area (Å²) in [5.41, 5.74) is 0.956. The SMILES string of the molecule is CC1CC1CNC(=O)C1CNc2ccccc2O1. The molecule has 1 fully saturated rings. The monoisotopic (exact) mass is 246 g/mol. The van der Waals surface area contributed by atoms with Crippen molar-refractivity contribution in [3.05, 3.63) is 24.3 Å². The number of amides is 1. The van der Waals surface area contributed by atoms with Crippen LogP contribution in [0.2, 0.25) is 0 Å². The van der Waals surface area contributed by atoms with Gasteiger partial charge in [-0.25, -0.2) is 0 Å². The average molecular weight is 246 g/mol. The second kappa shape index (κ2) is 4.52. The smallest absolute Gasteiger partial charge is 0.262 e. The van der Waals surface area contributed by atoms with Crippen molar-refractivity contribution in [2.45, 2.75) is 19.4 Å². The van der Waals surface area contributed by atoms with E-state index in [0.29, 0.717) is 12.5 Å². The maximum absolute atomic E-state index is 12.0. The van der Waals surface area contributed by atoms with E-state index in [9.17, 15) is 4.79 Å². The number of para-hydroxylation sites is 2. The summed E-state index contributed by atoms with van der Waals surface area (Å²) in [6.07, 6.45) is 0.807. The Bertz CT molecular complexity index is 461. The van der Waals surface area contributed by atoms with Crippen molar-refractivity contribution in [2.75, 3.05) is 18.4 Å². The average Bonchev–Trinajstić information content (AvgIpc) is 3.11. The van der Waals surface area contributed by atoms with E-state index in [4.69, 9.17) is 4.74 Å². The Kier molecular flexibility index (Phi) is 2.86. The Labute approximate surface area is 107 Å². The zero-order valence-electron chi connectivity index (χ0n) is 10.5. The van der Waals surface area contributed by atoms with Crippen LogP contribution in [0.3, 0.4) is 0 Å². The normalized spacial score (nSPS) is 28.6. The third-order valence-corrected chi connectivity index (χ3v) is 3.74. The molecule has 1 aromatic carbocycles. The summed E-state index contributed by atoms with van der Waals surface area (Å²) in [5.74, 6) is 2.16. The summed E-state index contributed by atoms with van der Waals surface area (Å²) in [4.78, 5) is 12.0. The molecule has 1 saturated carbocycles. The van der Waals surface area contributed by atoms with Gasteiger partial charge in [0.15, 0.2) is 6.10 Å². The molecule has 4 nitrogen and oxygen atoms in total. The van der Waals surface area contributed by atoms with Gasteiger partial charge in [0.2, 0.25) is 0 Å². The van der Waals surface area contributed by atoms with E-state index >= 15 is 0 Å². The molecule has 2 N–H and O–H groups in total. The summed E-state index contributed by atoms with van der Waals surface area (Å²) >= 11 is 0. The van der Waals surface area contributed by atoms with Crippen LogP contribution in [0.4, 0.5) is 5.69 Å². The van der Waals surface area contributed by atoms with E-state index in [1.165, 1.54) is 6.42 Å². The molecule has 1 aliphatic heterocycles. The predicted molar refractivity (Wildman–Crippen MR) is 69.6 cm³/mol. The summed E-state index contributed by atoms with van der Waals surface area (Å²) in [5, 5.41) is 6.19. The first-order valence-electron chi connectivity index (χ1n) is 6.51. The minimum Gasteiger partial charge on any atom is -0.477 e. The number of carbonyl (C=O) groups is 1. The molecule has 3 rings (SSSR count). The maximum atomic E-state index is 12.0. The quantitative estimate of drug-likeness (QED) is 0.852. The first kappa shape index (κ1) is 11.4. The first-order valence-corrected chi connectivity index (χ1v) is 6.51. The molecular weight excluding hydrogens is 228 g/mol. The topological polar surface area (TPSA) is 50.4 Å². The molecule has 1 amide bonds. The Morgan fingerprint density at radius 1 is 1.50 bits per heavy atom. The van der Waals surface area contributed by atoms with Gasteiger partial charge in [0.25, 0.3) is 5.91 Å². The van der Waals surface area contributed by atoms with Crippen LogP contribution in [0.25, 0.3) is 0 Å². The molecule has 1 aliphatic carbocycles. The second-order valence-electron chi connectivity index (χ2n) is 5.20. The number of anilines is 1. The summed E-state index contributed by atoms with van der Waals surface area (Å²) in [6, 6.07) is 7.69. The molecule has 0 bridgehead atoms. The van der Waals surface area contributed by atoms with E-state index < -0.39 is 6.10 Å². The van der Waals surface area contributed by atoms with Crippen LogP contribution in [0.5, 0.6) is 5.75 Å². The fourth-order valence-corrected chi connectivity index (χ4v) is 2.29. The van der Waals surface area contributed by atoms with Crippen molar-refractivity contribution < 1.29 is 9.53 Å². The van der Waals surface area contributed by atoms with E-state index in [-0.39, 0.29) is 5.91 Å². The molecule has 3 atom stereocenters. The molecule has 0 saturated heterocycles. The maximum Gasteiger partial charge on any atom is 0.262 e. The van der Waals surface area contributed by atoms with Crippen molar-refractivity contribution in [1.82, 2.24) is 5.32 Å². The van der Waals surface area contributed by atoms with E-state index in [2.05, 4.69) is 17.6 Å². The van der Waals surface area contributed by atoms with E-state index in [1.807, 2.05) is 24.3 Å². The van der Waals surface area contributed by atoms with Crippen LogP contribution in [0.15, 0.2) is 24.3 Å². The molecule has 1 heterocycles. The molecule has 18 heavy (non-hydrogen) atoms. The number of hydrogen-bond acceptors (Lipinski definition) is 3. The number of nitrogens with one attached hydrogen (secondary N) is 2. The van der Waals surface area contributed by atoms with Crippen LogP contribution in [-0.4, -0.2) is 25.1 Å². The van der Waals surface area contributed by atoms with Crippen molar-refractivity contribution in [3.8, 4) is 5.75 Å². The third kappa shape index (κ3) is 2.28. The molecule has 0 spiro atoms. The van der Waals surface area contributed by atoms with Crippen LogP contribution in [0.1, 0.15) is 13.3 Å². The van der Waals surface area contributed by atoms with Gasteiger partial charge in [-0.15, -0.1) is 0 Å². The highest BCUT2D eigenvalue weighted by Gasteiger charge is 2.33. The lowest BCUT2D eigenvalue weighted by molar-refractivity contribution is -0.127.